The van der Waals surface area contributed by atoms with Crippen LogP contribution in [0.2, 0.25) is 0 Å². The lowest BCUT2D eigenvalue weighted by molar-refractivity contribution is -0.222. The Morgan fingerprint density at radius 1 is 0.889 bits per heavy atom. The van der Waals surface area contributed by atoms with Gasteiger partial charge in [-0.15, -0.1) is 6.58 Å². The Morgan fingerprint density at radius 3 is 2.14 bits per heavy atom. The molecule has 3 aromatic rings. The molecule has 36 heavy (non-hydrogen) atoms. The first-order valence-corrected chi connectivity index (χ1v) is 12.7. The van der Waals surface area contributed by atoms with Gasteiger partial charge in [-0.2, -0.15) is 8.78 Å². The second kappa shape index (κ2) is 11.8. The molecule has 1 aliphatic carbocycles. The Hall–Kier alpha value is -3.05. The second-order valence-corrected chi connectivity index (χ2v) is 9.48. The number of allylic oxidation sites excluding steroid dienone is 1. The molecule has 0 N–H and O–H groups in total. The van der Waals surface area contributed by atoms with Gasteiger partial charge in [0.15, 0.2) is 0 Å². The summed E-state index contributed by atoms with van der Waals surface area (Å²) in [5, 5.41) is 0. The standard InChI is InChI=1S/C31H33F3O2/c1-3-19-35-21-23-5-9-25(10-6-23)29-18-13-26(20-30(29)32)24-11-16-28(17-12-24)36-31(33,34)27-14-7-22(4-2)8-15-27/h4-6,9-13,16-18,20,22,27H,2-3,7-8,14-15,19,21H2,1H3/t22-,27-. The van der Waals surface area contributed by atoms with Gasteiger partial charge in [-0.3, -0.25) is 0 Å². The summed E-state index contributed by atoms with van der Waals surface area (Å²) < 4.78 is 55.0. The Morgan fingerprint density at radius 2 is 1.53 bits per heavy atom. The van der Waals surface area contributed by atoms with Crippen LogP contribution in [0, 0.1) is 17.7 Å². The third-order valence-electron chi connectivity index (χ3n) is 6.87. The predicted octanol–water partition coefficient (Wildman–Crippen LogP) is 9.05. The molecule has 0 unspecified atom stereocenters. The second-order valence-electron chi connectivity index (χ2n) is 9.48. The largest absolute Gasteiger partial charge is 0.432 e. The van der Waals surface area contributed by atoms with Gasteiger partial charge in [0.2, 0.25) is 0 Å². The molecule has 5 heteroatoms. The fraction of sp³-hybridized carbons (Fsp3) is 0.355. The van der Waals surface area contributed by atoms with Gasteiger partial charge in [0.05, 0.1) is 12.5 Å². The van der Waals surface area contributed by atoms with Crippen LogP contribution in [-0.2, 0) is 11.3 Å². The van der Waals surface area contributed by atoms with Crippen LogP contribution in [0.5, 0.6) is 5.75 Å². The summed E-state index contributed by atoms with van der Waals surface area (Å²) >= 11 is 0. The van der Waals surface area contributed by atoms with Crippen molar-refractivity contribution in [3.05, 3.63) is 90.8 Å². The molecule has 1 aliphatic rings. The lowest BCUT2D eigenvalue weighted by atomic mass is 9.81. The first-order valence-electron chi connectivity index (χ1n) is 12.7. The van der Waals surface area contributed by atoms with E-state index in [1.807, 2.05) is 36.4 Å². The van der Waals surface area contributed by atoms with Gasteiger partial charge in [0.25, 0.3) is 0 Å². The van der Waals surface area contributed by atoms with Crippen molar-refractivity contribution in [2.75, 3.05) is 6.61 Å². The summed E-state index contributed by atoms with van der Waals surface area (Å²) in [6, 6.07) is 19.1. The number of benzene rings is 3. The highest BCUT2D eigenvalue weighted by molar-refractivity contribution is 5.71. The molecule has 0 aliphatic heterocycles. The smallest absolute Gasteiger partial charge is 0.400 e. The SMILES string of the molecule is C=C[C@H]1CC[C@H](C(F)(F)Oc2ccc(-c3ccc(-c4ccc(COCCC)cc4)c(F)c3)cc2)CC1. The van der Waals surface area contributed by atoms with Gasteiger partial charge < -0.3 is 9.47 Å². The maximum Gasteiger partial charge on any atom is 0.400 e. The maximum atomic E-state index is 15.0. The normalized spacial score (nSPS) is 18.1. The van der Waals surface area contributed by atoms with Crippen LogP contribution in [0.1, 0.15) is 44.6 Å². The summed E-state index contributed by atoms with van der Waals surface area (Å²) in [6.07, 6.45) is 1.86. The number of rotatable bonds is 10. The van der Waals surface area contributed by atoms with Crippen molar-refractivity contribution < 1.29 is 22.6 Å². The maximum absolute atomic E-state index is 15.0. The quantitative estimate of drug-likeness (QED) is 0.207. The van der Waals surface area contributed by atoms with Crippen molar-refractivity contribution in [1.29, 1.82) is 0 Å². The fourth-order valence-corrected chi connectivity index (χ4v) is 4.69. The topological polar surface area (TPSA) is 18.5 Å². The summed E-state index contributed by atoms with van der Waals surface area (Å²) in [7, 11) is 0. The molecule has 0 radical (unpaired) electrons. The lowest BCUT2D eigenvalue weighted by Gasteiger charge is -2.32. The van der Waals surface area contributed by atoms with Crippen LogP contribution in [0.15, 0.2) is 79.4 Å². The lowest BCUT2D eigenvalue weighted by Crippen LogP contribution is -2.37. The highest BCUT2D eigenvalue weighted by atomic mass is 19.3. The Bertz CT molecular complexity index is 1130. The van der Waals surface area contributed by atoms with Gasteiger partial charge >= 0.3 is 6.11 Å². The van der Waals surface area contributed by atoms with Gasteiger partial charge in [-0.05, 0) is 78.5 Å². The number of alkyl halides is 2. The molecule has 0 bridgehead atoms. The number of ether oxygens (including phenoxy) is 2. The van der Waals surface area contributed by atoms with Crippen molar-refractivity contribution in [3.8, 4) is 28.0 Å². The van der Waals surface area contributed by atoms with E-state index in [1.165, 1.54) is 18.2 Å². The minimum Gasteiger partial charge on any atom is -0.432 e. The van der Waals surface area contributed by atoms with Crippen molar-refractivity contribution in [2.24, 2.45) is 11.8 Å². The summed E-state index contributed by atoms with van der Waals surface area (Å²) in [5.41, 5.74) is 3.73. The molecule has 0 saturated heterocycles. The summed E-state index contributed by atoms with van der Waals surface area (Å²) in [4.78, 5) is 0. The van der Waals surface area contributed by atoms with Crippen LogP contribution >= 0.6 is 0 Å². The van der Waals surface area contributed by atoms with E-state index in [2.05, 4.69) is 13.5 Å². The van der Waals surface area contributed by atoms with E-state index in [0.29, 0.717) is 55.9 Å². The molecule has 0 spiro atoms. The van der Waals surface area contributed by atoms with Crippen LogP contribution in [0.3, 0.4) is 0 Å². The molecule has 1 saturated carbocycles. The molecule has 3 aromatic carbocycles. The summed E-state index contributed by atoms with van der Waals surface area (Å²) in [5.74, 6) is -0.722. The van der Waals surface area contributed by atoms with Crippen molar-refractivity contribution in [2.45, 2.75) is 51.7 Å². The molecular formula is C31H33F3O2. The molecule has 0 aromatic heterocycles. The number of hydrogen-bond acceptors (Lipinski definition) is 2. The summed E-state index contributed by atoms with van der Waals surface area (Å²) in [6.45, 7) is 7.08. The average molecular weight is 495 g/mol. The fourth-order valence-electron chi connectivity index (χ4n) is 4.69. The molecule has 190 valence electrons. The average Bonchev–Trinajstić information content (AvgIpc) is 2.89. The first kappa shape index (κ1) is 26.0. The Labute approximate surface area is 211 Å². The molecule has 4 rings (SSSR count). The Kier molecular flexibility index (Phi) is 8.52. The van der Waals surface area contributed by atoms with E-state index >= 15 is 0 Å². The van der Waals surface area contributed by atoms with Crippen molar-refractivity contribution in [1.82, 2.24) is 0 Å². The van der Waals surface area contributed by atoms with Crippen LogP contribution in [-0.4, -0.2) is 12.7 Å². The van der Waals surface area contributed by atoms with Crippen molar-refractivity contribution >= 4 is 0 Å². The zero-order valence-corrected chi connectivity index (χ0v) is 20.7. The van der Waals surface area contributed by atoms with Crippen LogP contribution in [0.4, 0.5) is 13.2 Å². The van der Waals surface area contributed by atoms with E-state index in [-0.39, 0.29) is 11.6 Å². The van der Waals surface area contributed by atoms with E-state index in [1.54, 1.807) is 18.2 Å². The van der Waals surface area contributed by atoms with Crippen LogP contribution in [0.25, 0.3) is 22.3 Å². The Balaban J connectivity index is 1.41. The minimum absolute atomic E-state index is 0.106. The monoisotopic (exact) mass is 494 g/mol. The van der Waals surface area contributed by atoms with Gasteiger partial charge in [-0.1, -0.05) is 61.5 Å². The number of halogens is 3. The molecule has 0 atom stereocenters. The van der Waals surface area contributed by atoms with Crippen molar-refractivity contribution in [3.63, 3.8) is 0 Å². The predicted molar refractivity (Wildman–Crippen MR) is 138 cm³/mol. The van der Waals surface area contributed by atoms with Gasteiger partial charge in [-0.25, -0.2) is 4.39 Å². The van der Waals surface area contributed by atoms with Crippen LogP contribution < -0.4 is 4.74 Å². The molecule has 0 heterocycles. The molecule has 2 nitrogen and oxygen atoms in total. The molecule has 0 amide bonds. The van der Waals surface area contributed by atoms with E-state index in [9.17, 15) is 13.2 Å². The van der Waals surface area contributed by atoms with E-state index in [0.717, 1.165) is 23.1 Å². The highest BCUT2D eigenvalue weighted by Gasteiger charge is 2.43. The van der Waals surface area contributed by atoms with Gasteiger partial charge in [0, 0.05) is 12.2 Å². The zero-order valence-electron chi connectivity index (χ0n) is 20.7. The molecular weight excluding hydrogens is 461 g/mol. The van der Waals surface area contributed by atoms with E-state index in [4.69, 9.17) is 9.47 Å². The van der Waals surface area contributed by atoms with Gasteiger partial charge in [0.1, 0.15) is 11.6 Å². The minimum atomic E-state index is -3.22. The zero-order chi connectivity index (χ0) is 25.5. The first-order chi connectivity index (χ1) is 17.4. The highest BCUT2D eigenvalue weighted by Crippen LogP contribution is 2.40. The van der Waals surface area contributed by atoms with E-state index < -0.39 is 12.0 Å². The third-order valence-corrected chi connectivity index (χ3v) is 6.87. The number of hydrogen-bond donors (Lipinski definition) is 0. The molecule has 1 fully saturated rings. The third kappa shape index (κ3) is 6.38.